The number of hydrogen-bond acceptors (Lipinski definition) is 3. The Kier molecular flexibility index (Phi) is 5.53. The monoisotopic (exact) mass is 374 g/mol. The summed E-state index contributed by atoms with van der Waals surface area (Å²) < 4.78 is 18.3. The first kappa shape index (κ1) is 20.3. The van der Waals surface area contributed by atoms with E-state index < -0.39 is 0 Å². The lowest BCUT2D eigenvalue weighted by Gasteiger charge is -2.64. The Hall–Kier alpha value is 0.00987. The molecule has 4 saturated carbocycles. The quantitative estimate of drug-likeness (QED) is 0.708. The highest BCUT2D eigenvalue weighted by Gasteiger charge is 2.65. The largest absolute Gasteiger partial charge is 0.441 e. The van der Waals surface area contributed by atoms with E-state index in [9.17, 15) is 0 Å². The van der Waals surface area contributed by atoms with Gasteiger partial charge in [0.15, 0.2) is 0 Å². The predicted molar refractivity (Wildman–Crippen MR) is 114 cm³/mol. The van der Waals surface area contributed by atoms with Crippen molar-refractivity contribution >= 4 is 16.1 Å². The molecule has 152 valence electrons. The minimum atomic E-state index is 0.328. The van der Waals surface area contributed by atoms with Crippen LogP contribution in [0.25, 0.3) is 0 Å². The molecule has 4 fully saturated rings. The molecule has 0 radical (unpaired) electrons. The van der Waals surface area contributed by atoms with Crippen LogP contribution in [0.5, 0.6) is 0 Å². The first-order chi connectivity index (χ1) is 12.9. The van der Waals surface area contributed by atoms with Gasteiger partial charge in [-0.15, -0.1) is 0 Å². The van der Waals surface area contributed by atoms with Gasteiger partial charge in [-0.2, -0.15) is 0 Å². The molecule has 0 spiro atoms. The number of rotatable bonds is 4. The van der Waals surface area contributed by atoms with Crippen LogP contribution in [-0.2, 0) is 14.0 Å². The normalized spacial score (nSPS) is 54.8. The number of fused-ring (bicyclic) bond motifs is 5. The Morgan fingerprint density at radius 3 is 2.37 bits per heavy atom. The molecule has 10 atom stereocenters. The Morgan fingerprint density at radius 1 is 0.963 bits per heavy atom. The molecule has 0 bridgehead atoms. The van der Waals surface area contributed by atoms with Crippen LogP contribution in [0.1, 0.15) is 72.1 Å². The molecule has 0 aromatic heterocycles. The van der Waals surface area contributed by atoms with Gasteiger partial charge in [-0.05, 0) is 85.4 Å². The van der Waals surface area contributed by atoms with E-state index in [1.54, 1.807) is 0 Å². The van der Waals surface area contributed by atoms with Gasteiger partial charge in [-0.3, -0.25) is 0 Å². The topological polar surface area (TPSA) is 27.7 Å². The van der Waals surface area contributed by atoms with Crippen LogP contribution in [-0.4, -0.2) is 41.5 Å². The lowest BCUT2D eigenvalue weighted by molar-refractivity contribution is -0.195. The zero-order valence-corrected chi connectivity index (χ0v) is 18.5. The lowest BCUT2D eigenvalue weighted by Crippen LogP contribution is -2.62. The van der Waals surface area contributed by atoms with Crippen LogP contribution in [0.2, 0.25) is 0 Å². The highest BCUT2D eigenvalue weighted by atomic mass is 16.5. The summed E-state index contributed by atoms with van der Waals surface area (Å²) in [5.74, 6) is 3.74. The molecule has 4 rings (SSSR count). The van der Waals surface area contributed by atoms with Crippen LogP contribution in [0.3, 0.4) is 0 Å². The Morgan fingerprint density at radius 2 is 1.74 bits per heavy atom. The van der Waals surface area contributed by atoms with Crippen LogP contribution < -0.4 is 0 Å². The summed E-state index contributed by atoms with van der Waals surface area (Å²) in [6.07, 6.45) is 11.5. The second-order valence-electron chi connectivity index (χ2n) is 10.6. The van der Waals surface area contributed by atoms with Crippen LogP contribution in [0.4, 0.5) is 0 Å². The van der Waals surface area contributed by atoms with Crippen molar-refractivity contribution in [2.45, 2.75) is 90.4 Å². The summed E-state index contributed by atoms with van der Waals surface area (Å²) in [5, 5.41) is 0. The maximum absolute atomic E-state index is 6.26. The van der Waals surface area contributed by atoms with Crippen molar-refractivity contribution in [2.75, 3.05) is 7.11 Å². The van der Waals surface area contributed by atoms with Gasteiger partial charge in [-0.1, -0.05) is 27.2 Å². The second kappa shape index (κ2) is 7.36. The summed E-state index contributed by atoms with van der Waals surface area (Å²) in [6, 6.07) is 0. The summed E-state index contributed by atoms with van der Waals surface area (Å²) >= 11 is 0. The van der Waals surface area contributed by atoms with Gasteiger partial charge in [0.2, 0.25) is 0 Å². The third kappa shape index (κ3) is 2.81. The fourth-order valence-corrected chi connectivity index (χ4v) is 8.70. The Labute approximate surface area is 168 Å². The van der Waals surface area contributed by atoms with E-state index in [4.69, 9.17) is 14.0 Å². The minimum Gasteiger partial charge on any atom is -0.441 e. The number of methoxy groups -OCH3 is 1. The van der Waals surface area contributed by atoms with Crippen molar-refractivity contribution in [3.63, 3.8) is 0 Å². The molecule has 27 heavy (non-hydrogen) atoms. The summed E-state index contributed by atoms with van der Waals surface area (Å²) in [6.45, 7) is 7.55. The smallest absolute Gasteiger partial charge is 0.257 e. The molecule has 0 N–H and O–H groups in total. The first-order valence-corrected chi connectivity index (χ1v) is 11.5. The van der Waals surface area contributed by atoms with Gasteiger partial charge in [0.25, 0.3) is 16.1 Å². The maximum Gasteiger partial charge on any atom is 0.257 e. The summed E-state index contributed by atoms with van der Waals surface area (Å²) in [7, 11) is 5.83. The predicted octanol–water partition coefficient (Wildman–Crippen LogP) is 3.16. The molecule has 3 nitrogen and oxygen atoms in total. The Bertz CT molecular complexity index is 546. The van der Waals surface area contributed by atoms with Gasteiger partial charge < -0.3 is 14.0 Å². The zero-order chi connectivity index (χ0) is 19.4. The van der Waals surface area contributed by atoms with E-state index in [2.05, 4.69) is 20.8 Å². The van der Waals surface area contributed by atoms with E-state index in [0.717, 1.165) is 23.7 Å². The average Bonchev–Trinajstić information content (AvgIpc) is 3.03. The van der Waals surface area contributed by atoms with Crippen LogP contribution in [0.15, 0.2) is 0 Å². The van der Waals surface area contributed by atoms with E-state index in [1.165, 1.54) is 51.4 Å². The zero-order valence-electron chi connectivity index (χ0n) is 18.5. The van der Waals surface area contributed by atoms with Crippen molar-refractivity contribution in [1.82, 2.24) is 0 Å². The SMILES string of the molecule is BO[C@H]1C[C@H]2C([C@H](OB)CC3C[C@H](OC)CC[C@@]32C)[C@@H]2CCC(CC)[C@@]12C. The van der Waals surface area contributed by atoms with E-state index in [0.29, 0.717) is 35.1 Å². The Balaban J connectivity index is 1.71. The molecule has 0 amide bonds. The van der Waals surface area contributed by atoms with Gasteiger partial charge in [-0.25, -0.2) is 0 Å². The molecule has 0 aliphatic heterocycles. The van der Waals surface area contributed by atoms with Gasteiger partial charge in [0, 0.05) is 19.3 Å². The molecule has 0 heterocycles. The number of hydrogen-bond donors (Lipinski definition) is 0. The van der Waals surface area contributed by atoms with Crippen LogP contribution in [0, 0.1) is 40.4 Å². The molecular weight excluding hydrogens is 334 g/mol. The molecule has 0 aromatic rings. The van der Waals surface area contributed by atoms with E-state index >= 15 is 0 Å². The van der Waals surface area contributed by atoms with Crippen LogP contribution >= 0.6 is 0 Å². The van der Waals surface area contributed by atoms with Crippen molar-refractivity contribution < 1.29 is 14.0 Å². The molecule has 5 heteroatoms. The highest BCUT2D eigenvalue weighted by molar-refractivity contribution is 5.98. The minimum absolute atomic E-state index is 0.328. The second-order valence-corrected chi connectivity index (χ2v) is 10.6. The van der Waals surface area contributed by atoms with Gasteiger partial charge in [0.05, 0.1) is 6.10 Å². The van der Waals surface area contributed by atoms with Crippen molar-refractivity contribution in [3.8, 4) is 0 Å². The standard InChI is InChI=1S/C22H40B2O3/c1-5-13-6-7-16-20-17(12-19(27-24)22(13,16)3)21(2)9-8-15(25-4)10-14(21)11-18(20)26-23/h13-20H,5-12,23-24H2,1-4H3/t13?,14?,15-,16+,17+,18-,19+,20?,21+,22-/m1/s1. The number of ether oxygens (including phenoxy) is 1. The van der Waals surface area contributed by atoms with Crippen molar-refractivity contribution in [1.29, 1.82) is 0 Å². The van der Waals surface area contributed by atoms with Crippen molar-refractivity contribution in [2.24, 2.45) is 40.4 Å². The maximum atomic E-state index is 6.26. The van der Waals surface area contributed by atoms with Crippen molar-refractivity contribution in [3.05, 3.63) is 0 Å². The molecule has 0 aromatic carbocycles. The average molecular weight is 374 g/mol. The third-order valence-corrected chi connectivity index (χ3v) is 10.3. The molecule has 4 aliphatic rings. The fourth-order valence-electron chi connectivity index (χ4n) is 8.70. The third-order valence-electron chi connectivity index (χ3n) is 10.3. The summed E-state index contributed by atoms with van der Waals surface area (Å²) in [4.78, 5) is 0. The highest BCUT2D eigenvalue weighted by Crippen LogP contribution is 2.68. The molecule has 3 unspecified atom stereocenters. The van der Waals surface area contributed by atoms with E-state index in [-0.39, 0.29) is 0 Å². The molecule has 4 aliphatic carbocycles. The fraction of sp³-hybridized carbons (Fsp3) is 1.00. The first-order valence-electron chi connectivity index (χ1n) is 11.5. The van der Waals surface area contributed by atoms with Gasteiger partial charge in [0.1, 0.15) is 0 Å². The molecule has 0 saturated heterocycles. The van der Waals surface area contributed by atoms with Gasteiger partial charge >= 0.3 is 0 Å². The summed E-state index contributed by atoms with van der Waals surface area (Å²) in [5.41, 5.74) is 0.755. The lowest BCUT2D eigenvalue weighted by atomic mass is 9.43. The molecular formula is C22H40B2O3. The van der Waals surface area contributed by atoms with E-state index in [1.807, 2.05) is 23.2 Å².